The highest BCUT2D eigenvalue weighted by molar-refractivity contribution is 7.91. The predicted molar refractivity (Wildman–Crippen MR) is 98.4 cm³/mol. The molecule has 2 heterocycles. The van der Waals surface area contributed by atoms with E-state index in [-0.39, 0.29) is 17.5 Å². The topological polar surface area (TPSA) is 84.4 Å². The van der Waals surface area contributed by atoms with E-state index in [4.69, 9.17) is 4.74 Å². The van der Waals surface area contributed by atoms with Gasteiger partial charge in [0.2, 0.25) is 0 Å². The monoisotopic (exact) mass is 362 g/mol. The second kappa shape index (κ2) is 7.26. The molecule has 1 aliphatic heterocycles. The van der Waals surface area contributed by atoms with Crippen LogP contribution >= 0.6 is 0 Å². The van der Waals surface area contributed by atoms with Crippen LogP contribution in [0, 0.1) is 0 Å². The minimum Gasteiger partial charge on any atom is -0.495 e. The smallest absolute Gasteiger partial charge is 0.152 e. The summed E-state index contributed by atoms with van der Waals surface area (Å²) < 4.78 is 28.9. The van der Waals surface area contributed by atoms with Gasteiger partial charge in [0.05, 0.1) is 24.3 Å². The third-order valence-corrected chi connectivity index (χ3v) is 6.06. The van der Waals surface area contributed by atoms with Crippen molar-refractivity contribution in [2.24, 2.45) is 0 Å². The van der Waals surface area contributed by atoms with E-state index in [9.17, 15) is 8.42 Å². The molecule has 0 spiro atoms. The van der Waals surface area contributed by atoms with Gasteiger partial charge in [0.25, 0.3) is 0 Å². The van der Waals surface area contributed by atoms with Crippen molar-refractivity contribution in [3.05, 3.63) is 36.7 Å². The van der Waals surface area contributed by atoms with Crippen molar-refractivity contribution in [1.29, 1.82) is 0 Å². The number of hydrogen-bond acceptors (Lipinski definition) is 7. The Morgan fingerprint density at radius 1 is 1.32 bits per heavy atom. The summed E-state index contributed by atoms with van der Waals surface area (Å²) in [5.74, 6) is 2.49. The second-order valence-electron chi connectivity index (χ2n) is 5.93. The standard InChI is InChI=1S/C17H22N4O3S/c1-3-21(13-8-9-25(22,23)11-13)17-10-16(18-12-19-17)20-14-6-4-5-7-15(14)24-2/h4-7,10,12-13H,3,8-9,11H2,1-2H3,(H,18,19,20). The zero-order valence-corrected chi connectivity index (χ0v) is 15.2. The van der Waals surface area contributed by atoms with E-state index in [0.717, 1.165) is 17.3 Å². The number of nitrogens with one attached hydrogen (secondary N) is 1. The van der Waals surface area contributed by atoms with Gasteiger partial charge in [-0.2, -0.15) is 0 Å². The van der Waals surface area contributed by atoms with Crippen molar-refractivity contribution >= 4 is 27.2 Å². The van der Waals surface area contributed by atoms with Crippen molar-refractivity contribution in [1.82, 2.24) is 9.97 Å². The van der Waals surface area contributed by atoms with Crippen LogP contribution in [0.5, 0.6) is 5.75 Å². The first-order chi connectivity index (χ1) is 12.0. The Bertz CT molecular complexity index is 841. The Hall–Kier alpha value is -2.35. The fourth-order valence-electron chi connectivity index (χ4n) is 3.09. The SMILES string of the molecule is CCN(c1cc(Nc2ccccc2OC)ncn1)C1CCS(=O)(=O)C1. The van der Waals surface area contributed by atoms with Gasteiger partial charge in [0, 0.05) is 18.7 Å². The lowest BCUT2D eigenvalue weighted by Crippen LogP contribution is -2.36. The Labute approximate surface area is 148 Å². The van der Waals surface area contributed by atoms with E-state index >= 15 is 0 Å². The molecular weight excluding hydrogens is 340 g/mol. The number of methoxy groups -OCH3 is 1. The number of hydrogen-bond donors (Lipinski definition) is 1. The van der Waals surface area contributed by atoms with Crippen LogP contribution in [0.4, 0.5) is 17.3 Å². The third kappa shape index (κ3) is 4.01. The zero-order valence-electron chi connectivity index (χ0n) is 14.3. The minimum atomic E-state index is -2.94. The number of aromatic nitrogens is 2. The Morgan fingerprint density at radius 2 is 2.12 bits per heavy atom. The van der Waals surface area contributed by atoms with E-state index in [0.29, 0.717) is 18.8 Å². The normalized spacial score (nSPS) is 18.7. The Balaban J connectivity index is 1.83. The van der Waals surface area contributed by atoms with Crippen LogP contribution in [0.25, 0.3) is 0 Å². The van der Waals surface area contributed by atoms with Gasteiger partial charge in [0.1, 0.15) is 23.7 Å². The molecule has 2 aromatic rings. The molecule has 1 aromatic carbocycles. The lowest BCUT2D eigenvalue weighted by atomic mass is 10.2. The van der Waals surface area contributed by atoms with Crippen molar-refractivity contribution < 1.29 is 13.2 Å². The predicted octanol–water partition coefficient (Wildman–Crippen LogP) is 2.24. The van der Waals surface area contributed by atoms with Crippen molar-refractivity contribution in [2.45, 2.75) is 19.4 Å². The first kappa shape index (κ1) is 17.5. The first-order valence-corrected chi connectivity index (χ1v) is 10.0. The highest BCUT2D eigenvalue weighted by Gasteiger charge is 2.32. The van der Waals surface area contributed by atoms with Gasteiger partial charge in [-0.3, -0.25) is 0 Å². The fourth-order valence-corrected chi connectivity index (χ4v) is 4.82. The van der Waals surface area contributed by atoms with Crippen LogP contribution in [0.1, 0.15) is 13.3 Å². The summed E-state index contributed by atoms with van der Waals surface area (Å²) in [5.41, 5.74) is 0.807. The molecule has 1 N–H and O–H groups in total. The van der Waals surface area contributed by atoms with E-state index in [1.807, 2.05) is 42.2 Å². The Kier molecular flexibility index (Phi) is 5.08. The van der Waals surface area contributed by atoms with Gasteiger partial charge in [0.15, 0.2) is 9.84 Å². The highest BCUT2D eigenvalue weighted by Crippen LogP contribution is 2.28. The molecule has 1 fully saturated rings. The molecule has 1 aliphatic rings. The maximum atomic E-state index is 11.8. The molecule has 1 aromatic heterocycles. The van der Waals surface area contributed by atoms with Gasteiger partial charge >= 0.3 is 0 Å². The second-order valence-corrected chi connectivity index (χ2v) is 8.16. The van der Waals surface area contributed by atoms with Gasteiger partial charge < -0.3 is 15.0 Å². The number of sulfone groups is 1. The van der Waals surface area contributed by atoms with Crippen LogP contribution in [-0.4, -0.2) is 49.6 Å². The highest BCUT2D eigenvalue weighted by atomic mass is 32.2. The molecule has 7 nitrogen and oxygen atoms in total. The molecule has 1 saturated heterocycles. The maximum absolute atomic E-state index is 11.8. The molecule has 0 amide bonds. The summed E-state index contributed by atoms with van der Waals surface area (Å²) in [7, 11) is -1.33. The number of benzene rings is 1. The largest absolute Gasteiger partial charge is 0.495 e. The average Bonchev–Trinajstić information content (AvgIpc) is 2.96. The van der Waals surface area contributed by atoms with Gasteiger partial charge in [-0.15, -0.1) is 0 Å². The maximum Gasteiger partial charge on any atom is 0.152 e. The van der Waals surface area contributed by atoms with Gasteiger partial charge in [-0.05, 0) is 25.5 Å². The molecule has 134 valence electrons. The van der Waals surface area contributed by atoms with Gasteiger partial charge in [-0.1, -0.05) is 12.1 Å². The molecular formula is C17H22N4O3S. The zero-order chi connectivity index (χ0) is 17.9. The summed E-state index contributed by atoms with van der Waals surface area (Å²) in [5, 5.41) is 3.23. The molecule has 8 heteroatoms. The van der Waals surface area contributed by atoms with Crippen molar-refractivity contribution in [3.8, 4) is 5.75 Å². The summed E-state index contributed by atoms with van der Waals surface area (Å²) in [6.45, 7) is 2.69. The molecule has 25 heavy (non-hydrogen) atoms. The molecule has 0 radical (unpaired) electrons. The van der Waals surface area contributed by atoms with Crippen LogP contribution in [0.15, 0.2) is 36.7 Å². The van der Waals surface area contributed by atoms with Crippen LogP contribution in [0.3, 0.4) is 0 Å². The molecule has 3 rings (SSSR count). The average molecular weight is 362 g/mol. The number of anilines is 3. The van der Waals surface area contributed by atoms with Crippen molar-refractivity contribution in [3.63, 3.8) is 0 Å². The van der Waals surface area contributed by atoms with E-state index in [1.165, 1.54) is 6.33 Å². The fraction of sp³-hybridized carbons (Fsp3) is 0.412. The molecule has 1 unspecified atom stereocenters. The minimum absolute atomic E-state index is 0.0380. The van der Waals surface area contributed by atoms with E-state index in [2.05, 4.69) is 15.3 Å². The van der Waals surface area contributed by atoms with Crippen LogP contribution in [-0.2, 0) is 9.84 Å². The molecule has 0 aliphatic carbocycles. The number of nitrogens with zero attached hydrogens (tertiary/aromatic N) is 3. The van der Waals surface area contributed by atoms with Gasteiger partial charge in [-0.25, -0.2) is 18.4 Å². The van der Waals surface area contributed by atoms with E-state index in [1.54, 1.807) is 7.11 Å². The number of ether oxygens (including phenoxy) is 1. The summed E-state index contributed by atoms with van der Waals surface area (Å²) in [6.07, 6.45) is 2.12. The van der Waals surface area contributed by atoms with Crippen molar-refractivity contribution in [2.75, 3.05) is 35.4 Å². The van der Waals surface area contributed by atoms with Crippen LogP contribution < -0.4 is 15.0 Å². The molecule has 0 bridgehead atoms. The summed E-state index contributed by atoms with van der Waals surface area (Å²) in [6, 6.07) is 9.38. The quantitative estimate of drug-likeness (QED) is 0.843. The Morgan fingerprint density at radius 3 is 2.80 bits per heavy atom. The lowest BCUT2D eigenvalue weighted by Gasteiger charge is -2.28. The molecule has 0 saturated carbocycles. The lowest BCUT2D eigenvalue weighted by molar-refractivity contribution is 0.417. The molecule has 1 atom stereocenters. The number of para-hydroxylation sites is 2. The third-order valence-electron chi connectivity index (χ3n) is 4.31. The van der Waals surface area contributed by atoms with E-state index < -0.39 is 9.84 Å². The first-order valence-electron chi connectivity index (χ1n) is 8.21. The summed E-state index contributed by atoms with van der Waals surface area (Å²) in [4.78, 5) is 10.6. The number of rotatable bonds is 6. The van der Waals surface area contributed by atoms with Crippen LogP contribution in [0.2, 0.25) is 0 Å². The summed E-state index contributed by atoms with van der Waals surface area (Å²) >= 11 is 0.